The molecule has 1 atom stereocenters. The van der Waals surface area contributed by atoms with Crippen molar-refractivity contribution in [2.24, 2.45) is 11.1 Å². The Morgan fingerprint density at radius 1 is 1.19 bits per heavy atom. The molecule has 0 saturated heterocycles. The van der Waals surface area contributed by atoms with E-state index in [0.717, 1.165) is 10.9 Å². The Morgan fingerprint density at radius 3 is 2.52 bits per heavy atom. The Bertz CT molecular complexity index is 691. The van der Waals surface area contributed by atoms with Crippen LogP contribution >= 0.6 is 12.2 Å². The van der Waals surface area contributed by atoms with E-state index >= 15 is 0 Å². The first kappa shape index (κ1) is 14.3. The number of fused-ring (bicyclic) bond motifs is 1. The fourth-order valence-corrected chi connectivity index (χ4v) is 3.60. The highest BCUT2D eigenvalue weighted by molar-refractivity contribution is 7.80. The van der Waals surface area contributed by atoms with Crippen molar-refractivity contribution in [2.75, 3.05) is 5.32 Å². The van der Waals surface area contributed by atoms with Gasteiger partial charge in [-0.15, -0.1) is 0 Å². The normalized spacial score (nSPS) is 20.6. The number of hydrogen-bond donors (Lipinski definition) is 2. The second-order valence-electron chi connectivity index (χ2n) is 6.65. The van der Waals surface area contributed by atoms with Crippen LogP contribution in [0.3, 0.4) is 0 Å². The van der Waals surface area contributed by atoms with Crippen LogP contribution in [0.4, 0.5) is 5.69 Å². The fourth-order valence-electron chi connectivity index (χ4n) is 3.42. The SMILES string of the molecule is CC1(C)CCCC1Nc1ccc(C(N)=S)c2ccccc12. The average molecular weight is 298 g/mol. The van der Waals surface area contributed by atoms with Gasteiger partial charge in [-0.1, -0.05) is 56.8 Å². The van der Waals surface area contributed by atoms with Crippen LogP contribution in [0.15, 0.2) is 36.4 Å². The maximum Gasteiger partial charge on any atom is 0.104 e. The quantitative estimate of drug-likeness (QED) is 0.821. The average Bonchev–Trinajstić information content (AvgIpc) is 2.78. The molecule has 1 unspecified atom stereocenters. The summed E-state index contributed by atoms with van der Waals surface area (Å²) in [5, 5.41) is 6.09. The molecule has 0 radical (unpaired) electrons. The van der Waals surface area contributed by atoms with Crippen LogP contribution in [0.5, 0.6) is 0 Å². The summed E-state index contributed by atoms with van der Waals surface area (Å²) in [6, 6.07) is 13.0. The Hall–Kier alpha value is -1.61. The van der Waals surface area contributed by atoms with Crippen molar-refractivity contribution in [1.82, 2.24) is 0 Å². The summed E-state index contributed by atoms with van der Waals surface area (Å²) in [6.45, 7) is 4.70. The molecular weight excluding hydrogens is 276 g/mol. The van der Waals surface area contributed by atoms with Crippen molar-refractivity contribution >= 4 is 33.7 Å². The van der Waals surface area contributed by atoms with Crippen LogP contribution in [0, 0.1) is 5.41 Å². The van der Waals surface area contributed by atoms with Gasteiger partial charge in [-0.2, -0.15) is 0 Å². The second-order valence-corrected chi connectivity index (χ2v) is 7.09. The number of thiocarbonyl (C=S) groups is 1. The molecule has 0 spiro atoms. The highest BCUT2D eigenvalue weighted by Gasteiger charge is 2.34. The molecule has 0 aliphatic heterocycles. The summed E-state index contributed by atoms with van der Waals surface area (Å²) >= 11 is 5.17. The first-order valence-corrected chi connectivity index (χ1v) is 7.98. The van der Waals surface area contributed by atoms with E-state index in [1.54, 1.807) is 0 Å². The summed E-state index contributed by atoms with van der Waals surface area (Å²) < 4.78 is 0. The predicted octanol–water partition coefficient (Wildman–Crippen LogP) is 4.46. The van der Waals surface area contributed by atoms with Gasteiger partial charge in [0.1, 0.15) is 4.99 Å². The Morgan fingerprint density at radius 2 is 1.90 bits per heavy atom. The summed E-state index contributed by atoms with van der Waals surface area (Å²) in [6.07, 6.45) is 3.82. The van der Waals surface area contributed by atoms with E-state index in [-0.39, 0.29) is 0 Å². The second kappa shape index (κ2) is 5.30. The largest absolute Gasteiger partial charge is 0.389 e. The van der Waals surface area contributed by atoms with Gasteiger partial charge in [-0.05, 0) is 35.8 Å². The Balaban J connectivity index is 2.04. The van der Waals surface area contributed by atoms with Gasteiger partial charge in [0.15, 0.2) is 0 Å². The summed E-state index contributed by atoms with van der Waals surface area (Å²) in [4.78, 5) is 0.457. The molecule has 2 aromatic rings. The van der Waals surface area contributed by atoms with Crippen LogP contribution in [0.1, 0.15) is 38.7 Å². The smallest absolute Gasteiger partial charge is 0.104 e. The third-order valence-corrected chi connectivity index (χ3v) is 5.00. The van der Waals surface area contributed by atoms with Gasteiger partial charge < -0.3 is 11.1 Å². The third-order valence-electron chi connectivity index (χ3n) is 4.78. The molecule has 0 heterocycles. The Labute approximate surface area is 131 Å². The summed E-state index contributed by atoms with van der Waals surface area (Å²) in [5.74, 6) is 0. The van der Waals surface area contributed by atoms with Crippen LogP contribution in [0.2, 0.25) is 0 Å². The van der Waals surface area contributed by atoms with Gasteiger partial charge >= 0.3 is 0 Å². The van der Waals surface area contributed by atoms with E-state index in [1.165, 1.54) is 30.3 Å². The molecule has 21 heavy (non-hydrogen) atoms. The number of anilines is 1. The number of nitrogens with two attached hydrogens (primary N) is 1. The fraction of sp³-hybridized carbons (Fsp3) is 0.389. The number of hydrogen-bond acceptors (Lipinski definition) is 2. The monoisotopic (exact) mass is 298 g/mol. The highest BCUT2D eigenvalue weighted by Crippen LogP contribution is 2.40. The van der Waals surface area contributed by atoms with Gasteiger partial charge in [0.05, 0.1) is 0 Å². The minimum atomic E-state index is 0.350. The zero-order chi connectivity index (χ0) is 15.0. The molecule has 3 heteroatoms. The first-order chi connectivity index (χ1) is 9.99. The molecule has 1 saturated carbocycles. The summed E-state index contributed by atoms with van der Waals surface area (Å²) in [5.41, 5.74) is 8.34. The van der Waals surface area contributed by atoms with Gasteiger partial charge in [0.2, 0.25) is 0 Å². The van der Waals surface area contributed by atoms with E-state index in [2.05, 4.69) is 43.4 Å². The minimum Gasteiger partial charge on any atom is -0.389 e. The molecule has 2 aromatic carbocycles. The number of nitrogens with one attached hydrogen (secondary N) is 1. The van der Waals surface area contributed by atoms with Gasteiger partial charge in [0.25, 0.3) is 0 Å². The van der Waals surface area contributed by atoms with Crippen molar-refractivity contribution < 1.29 is 0 Å². The van der Waals surface area contributed by atoms with Gasteiger partial charge in [0, 0.05) is 22.7 Å². The number of benzene rings is 2. The van der Waals surface area contributed by atoms with Crippen molar-refractivity contribution in [3.8, 4) is 0 Å². The molecular formula is C18H22N2S. The lowest BCUT2D eigenvalue weighted by Crippen LogP contribution is -2.30. The van der Waals surface area contributed by atoms with E-state index in [0.29, 0.717) is 16.4 Å². The maximum absolute atomic E-state index is 5.85. The molecule has 3 N–H and O–H groups in total. The molecule has 1 aliphatic carbocycles. The van der Waals surface area contributed by atoms with Crippen LogP contribution in [-0.2, 0) is 0 Å². The van der Waals surface area contributed by atoms with Crippen LogP contribution in [0.25, 0.3) is 10.8 Å². The van der Waals surface area contributed by atoms with Crippen LogP contribution < -0.4 is 11.1 Å². The highest BCUT2D eigenvalue weighted by atomic mass is 32.1. The minimum absolute atomic E-state index is 0.350. The van der Waals surface area contributed by atoms with Crippen LogP contribution in [-0.4, -0.2) is 11.0 Å². The maximum atomic E-state index is 5.85. The number of rotatable bonds is 3. The topological polar surface area (TPSA) is 38.0 Å². The van der Waals surface area contributed by atoms with Crippen molar-refractivity contribution in [3.63, 3.8) is 0 Å². The Kier molecular flexibility index (Phi) is 3.62. The van der Waals surface area contributed by atoms with E-state index in [9.17, 15) is 0 Å². The van der Waals surface area contributed by atoms with E-state index in [1.807, 2.05) is 12.1 Å². The molecule has 3 rings (SSSR count). The van der Waals surface area contributed by atoms with E-state index < -0.39 is 0 Å². The predicted molar refractivity (Wildman–Crippen MR) is 94.9 cm³/mol. The molecule has 0 aromatic heterocycles. The van der Waals surface area contributed by atoms with Crippen molar-refractivity contribution in [3.05, 3.63) is 42.0 Å². The molecule has 0 bridgehead atoms. The molecule has 110 valence electrons. The third kappa shape index (κ3) is 2.62. The van der Waals surface area contributed by atoms with E-state index in [4.69, 9.17) is 18.0 Å². The van der Waals surface area contributed by atoms with Gasteiger partial charge in [-0.25, -0.2) is 0 Å². The van der Waals surface area contributed by atoms with Crippen molar-refractivity contribution in [1.29, 1.82) is 0 Å². The zero-order valence-corrected chi connectivity index (χ0v) is 13.5. The molecule has 2 nitrogen and oxygen atoms in total. The molecule has 1 aliphatic rings. The lowest BCUT2D eigenvalue weighted by atomic mass is 9.87. The zero-order valence-electron chi connectivity index (χ0n) is 12.6. The summed E-state index contributed by atoms with van der Waals surface area (Å²) in [7, 11) is 0. The lowest BCUT2D eigenvalue weighted by molar-refractivity contribution is 0.350. The van der Waals surface area contributed by atoms with Gasteiger partial charge in [-0.3, -0.25) is 0 Å². The molecule has 0 amide bonds. The first-order valence-electron chi connectivity index (χ1n) is 7.57. The molecule has 1 fully saturated rings. The lowest BCUT2D eigenvalue weighted by Gasteiger charge is -2.29. The standard InChI is InChI=1S/C18H22N2S/c1-18(2)11-5-8-16(18)20-15-10-9-14(17(19)21)12-6-3-4-7-13(12)15/h3-4,6-7,9-10,16,20H,5,8,11H2,1-2H3,(H2,19,21). The van der Waals surface area contributed by atoms with Crippen molar-refractivity contribution in [2.45, 2.75) is 39.2 Å².